The molecule has 21 heavy (non-hydrogen) atoms. The van der Waals surface area contributed by atoms with Crippen molar-refractivity contribution in [2.45, 2.75) is 84.3 Å². The number of hydrogen-bond donors (Lipinski definition) is 2. The van der Waals surface area contributed by atoms with Crippen molar-refractivity contribution in [3.8, 4) is 0 Å². The predicted octanol–water partition coefficient (Wildman–Crippen LogP) is 3.13. The zero-order valence-corrected chi connectivity index (χ0v) is 14.2. The lowest BCUT2D eigenvalue weighted by molar-refractivity contribution is 0.138. The monoisotopic (exact) mass is 295 g/mol. The molecule has 0 aromatic rings. The van der Waals surface area contributed by atoms with Gasteiger partial charge in [0.25, 0.3) is 0 Å². The minimum atomic E-state index is 0.151. The van der Waals surface area contributed by atoms with Gasteiger partial charge in [-0.25, -0.2) is 4.79 Å². The van der Waals surface area contributed by atoms with Crippen molar-refractivity contribution in [3.63, 3.8) is 0 Å². The summed E-state index contributed by atoms with van der Waals surface area (Å²) < 4.78 is 0. The van der Waals surface area contributed by atoms with Crippen LogP contribution >= 0.6 is 0 Å². The summed E-state index contributed by atoms with van der Waals surface area (Å²) in [5.74, 6) is 0. The van der Waals surface area contributed by atoms with Crippen molar-refractivity contribution in [1.82, 2.24) is 15.5 Å². The highest BCUT2D eigenvalue weighted by atomic mass is 16.2. The van der Waals surface area contributed by atoms with Crippen molar-refractivity contribution in [2.24, 2.45) is 5.41 Å². The number of carbonyl (C=O) groups excluding carboxylic acids is 1. The van der Waals surface area contributed by atoms with Gasteiger partial charge in [0.05, 0.1) is 0 Å². The fraction of sp³-hybridized carbons (Fsp3) is 0.941. The van der Waals surface area contributed by atoms with Crippen molar-refractivity contribution in [1.29, 1.82) is 0 Å². The van der Waals surface area contributed by atoms with E-state index in [1.807, 2.05) is 4.90 Å². The fourth-order valence-electron chi connectivity index (χ4n) is 3.72. The van der Waals surface area contributed by atoms with Gasteiger partial charge in [0, 0.05) is 31.2 Å². The molecular formula is C17H33N3O. The Bertz CT molecular complexity index is 346. The highest BCUT2D eigenvalue weighted by Gasteiger charge is 2.34. The smallest absolute Gasteiger partial charge is 0.317 e. The van der Waals surface area contributed by atoms with Gasteiger partial charge >= 0.3 is 6.03 Å². The second-order valence-corrected chi connectivity index (χ2v) is 7.82. The zero-order valence-electron chi connectivity index (χ0n) is 14.2. The molecule has 2 rings (SSSR count). The maximum Gasteiger partial charge on any atom is 0.317 e. The van der Waals surface area contributed by atoms with E-state index in [0.29, 0.717) is 18.1 Å². The molecule has 2 N–H and O–H groups in total. The third-order valence-electron chi connectivity index (χ3n) is 5.16. The Kier molecular flexibility index (Phi) is 5.53. The van der Waals surface area contributed by atoms with Gasteiger partial charge in [-0.2, -0.15) is 0 Å². The summed E-state index contributed by atoms with van der Waals surface area (Å²) in [7, 11) is 0. The first kappa shape index (κ1) is 16.6. The van der Waals surface area contributed by atoms with E-state index in [-0.39, 0.29) is 11.4 Å². The average Bonchev–Trinajstić information content (AvgIpc) is 2.41. The molecule has 122 valence electrons. The van der Waals surface area contributed by atoms with Crippen LogP contribution in [0.25, 0.3) is 0 Å². The van der Waals surface area contributed by atoms with Gasteiger partial charge in [-0.3, -0.25) is 0 Å². The number of piperidine rings is 1. The normalized spacial score (nSPS) is 26.9. The minimum Gasteiger partial charge on any atom is -0.335 e. The van der Waals surface area contributed by atoms with Crippen molar-refractivity contribution >= 4 is 6.03 Å². The molecule has 2 amide bonds. The number of nitrogens with one attached hydrogen (secondary N) is 2. The van der Waals surface area contributed by atoms with Gasteiger partial charge in [-0.15, -0.1) is 0 Å². The SMILES string of the molecule is CC(C)NC1CCN(C(=O)NC2CCCCC2(C)C)CC1. The van der Waals surface area contributed by atoms with Gasteiger partial charge in [0.2, 0.25) is 0 Å². The van der Waals surface area contributed by atoms with E-state index in [0.717, 1.165) is 32.4 Å². The second kappa shape index (κ2) is 6.99. The molecule has 1 saturated heterocycles. The summed E-state index contributed by atoms with van der Waals surface area (Å²) in [5, 5.41) is 6.88. The number of carbonyl (C=O) groups is 1. The molecule has 1 heterocycles. The molecule has 1 atom stereocenters. The number of hydrogen-bond acceptors (Lipinski definition) is 2. The third-order valence-corrected chi connectivity index (χ3v) is 5.16. The van der Waals surface area contributed by atoms with Crippen molar-refractivity contribution in [3.05, 3.63) is 0 Å². The Morgan fingerprint density at radius 2 is 1.81 bits per heavy atom. The Labute approximate surface area is 130 Å². The van der Waals surface area contributed by atoms with Crippen LogP contribution in [0.3, 0.4) is 0 Å². The fourth-order valence-corrected chi connectivity index (χ4v) is 3.72. The Hall–Kier alpha value is -0.770. The zero-order chi connectivity index (χ0) is 15.5. The summed E-state index contributed by atoms with van der Waals surface area (Å²) in [6.45, 7) is 10.7. The number of urea groups is 1. The summed E-state index contributed by atoms with van der Waals surface area (Å²) >= 11 is 0. The number of likely N-dealkylation sites (tertiary alicyclic amines) is 1. The number of nitrogens with zero attached hydrogens (tertiary/aromatic N) is 1. The van der Waals surface area contributed by atoms with Crippen LogP contribution in [0.2, 0.25) is 0 Å². The van der Waals surface area contributed by atoms with Crippen LogP contribution in [-0.4, -0.2) is 42.1 Å². The Morgan fingerprint density at radius 3 is 2.38 bits per heavy atom. The molecule has 2 aliphatic rings. The van der Waals surface area contributed by atoms with Crippen LogP contribution in [-0.2, 0) is 0 Å². The molecule has 4 nitrogen and oxygen atoms in total. The van der Waals surface area contributed by atoms with E-state index in [1.54, 1.807) is 0 Å². The quantitative estimate of drug-likeness (QED) is 0.840. The maximum absolute atomic E-state index is 12.5. The van der Waals surface area contributed by atoms with Crippen LogP contribution in [0.1, 0.15) is 66.2 Å². The number of rotatable bonds is 3. The molecule has 4 heteroatoms. The van der Waals surface area contributed by atoms with Crippen LogP contribution in [0, 0.1) is 5.41 Å². The molecule has 2 fully saturated rings. The van der Waals surface area contributed by atoms with Crippen molar-refractivity contribution in [2.75, 3.05) is 13.1 Å². The lowest BCUT2D eigenvalue weighted by Crippen LogP contribution is -2.54. The van der Waals surface area contributed by atoms with E-state index in [2.05, 4.69) is 38.3 Å². The average molecular weight is 295 g/mol. The second-order valence-electron chi connectivity index (χ2n) is 7.82. The molecule has 1 aliphatic heterocycles. The summed E-state index contributed by atoms with van der Waals surface area (Å²) in [4.78, 5) is 14.5. The van der Waals surface area contributed by atoms with E-state index in [9.17, 15) is 4.79 Å². The highest BCUT2D eigenvalue weighted by Crippen LogP contribution is 2.35. The van der Waals surface area contributed by atoms with E-state index < -0.39 is 0 Å². The standard InChI is InChI=1S/C17H33N3O/c1-13(2)18-14-8-11-20(12-9-14)16(21)19-15-7-5-6-10-17(15,3)4/h13-15,18H,5-12H2,1-4H3,(H,19,21). The van der Waals surface area contributed by atoms with Gasteiger partial charge in [0.15, 0.2) is 0 Å². The van der Waals surface area contributed by atoms with Crippen LogP contribution in [0.4, 0.5) is 4.79 Å². The molecule has 0 aromatic heterocycles. The lowest BCUT2D eigenvalue weighted by atomic mass is 9.73. The number of amides is 2. The topological polar surface area (TPSA) is 44.4 Å². The summed E-state index contributed by atoms with van der Waals surface area (Å²) in [6.07, 6.45) is 7.03. The first-order chi connectivity index (χ1) is 9.88. The Morgan fingerprint density at radius 1 is 1.14 bits per heavy atom. The predicted molar refractivity (Wildman–Crippen MR) is 87.4 cm³/mol. The molecule has 0 bridgehead atoms. The van der Waals surface area contributed by atoms with Crippen LogP contribution in [0.15, 0.2) is 0 Å². The van der Waals surface area contributed by atoms with Crippen molar-refractivity contribution < 1.29 is 4.79 Å². The maximum atomic E-state index is 12.5. The molecule has 0 radical (unpaired) electrons. The van der Waals surface area contributed by atoms with Gasteiger partial charge in [-0.05, 0) is 31.1 Å². The van der Waals surface area contributed by atoms with Crippen LogP contribution in [0.5, 0.6) is 0 Å². The lowest BCUT2D eigenvalue weighted by Gasteiger charge is -2.41. The van der Waals surface area contributed by atoms with E-state index in [1.165, 1.54) is 19.3 Å². The molecule has 0 aromatic carbocycles. The largest absolute Gasteiger partial charge is 0.335 e. The minimum absolute atomic E-state index is 0.151. The molecular weight excluding hydrogens is 262 g/mol. The summed E-state index contributed by atoms with van der Waals surface area (Å²) in [5.41, 5.74) is 0.241. The molecule has 1 saturated carbocycles. The van der Waals surface area contributed by atoms with E-state index in [4.69, 9.17) is 0 Å². The van der Waals surface area contributed by atoms with Gasteiger partial charge in [-0.1, -0.05) is 40.5 Å². The molecule has 0 spiro atoms. The highest BCUT2D eigenvalue weighted by molar-refractivity contribution is 5.74. The van der Waals surface area contributed by atoms with E-state index >= 15 is 0 Å². The molecule has 1 aliphatic carbocycles. The molecule has 1 unspecified atom stereocenters. The first-order valence-electron chi connectivity index (χ1n) is 8.70. The van der Waals surface area contributed by atoms with Gasteiger partial charge < -0.3 is 15.5 Å². The van der Waals surface area contributed by atoms with Crippen LogP contribution < -0.4 is 10.6 Å². The first-order valence-corrected chi connectivity index (χ1v) is 8.70. The summed E-state index contributed by atoms with van der Waals surface area (Å²) in [6, 6.07) is 1.59. The van der Waals surface area contributed by atoms with Gasteiger partial charge in [0.1, 0.15) is 0 Å². The third kappa shape index (κ3) is 4.60. The Balaban J connectivity index is 1.79.